The molecule has 0 unspecified atom stereocenters. The highest BCUT2D eigenvalue weighted by Crippen LogP contribution is 2.24. The fraction of sp³-hybridized carbons (Fsp3) is 0.533. The smallest absolute Gasteiger partial charge is 0.224 e. The van der Waals surface area contributed by atoms with E-state index < -0.39 is 5.82 Å². The minimum Gasteiger partial charge on any atom is -0.396 e. The molecule has 0 spiro atoms. The average Bonchev–Trinajstić information content (AvgIpc) is 2.43. The normalized spacial score (nSPS) is 22.6. The number of carbonyl (C=O) groups excluding carboxylic acids is 1. The molecule has 1 fully saturated rings. The predicted octanol–water partition coefficient (Wildman–Crippen LogP) is 2.69. The first-order chi connectivity index (χ1) is 9.58. The molecule has 1 saturated carbocycles. The zero-order chi connectivity index (χ0) is 14.5. The van der Waals surface area contributed by atoms with Crippen LogP contribution >= 0.6 is 11.6 Å². The van der Waals surface area contributed by atoms with E-state index in [1.165, 1.54) is 12.1 Å². The second kappa shape index (κ2) is 7.04. The summed E-state index contributed by atoms with van der Waals surface area (Å²) in [5.41, 5.74) is 0.634. The molecule has 0 aromatic heterocycles. The van der Waals surface area contributed by atoms with Crippen molar-refractivity contribution in [2.45, 2.75) is 38.1 Å². The van der Waals surface area contributed by atoms with Crippen LogP contribution in [-0.4, -0.2) is 23.7 Å². The number of aliphatic hydroxyl groups excluding tert-OH is 1. The Labute approximate surface area is 123 Å². The van der Waals surface area contributed by atoms with E-state index >= 15 is 0 Å². The molecule has 0 radical (unpaired) electrons. The molecule has 1 aliphatic carbocycles. The first-order valence-corrected chi connectivity index (χ1v) is 7.30. The number of benzene rings is 1. The Balaban J connectivity index is 1.84. The van der Waals surface area contributed by atoms with Gasteiger partial charge in [-0.1, -0.05) is 17.7 Å². The van der Waals surface area contributed by atoms with Gasteiger partial charge in [-0.05, 0) is 49.3 Å². The number of aliphatic hydroxyl groups is 1. The lowest BCUT2D eigenvalue weighted by atomic mass is 9.86. The molecular formula is C15H19ClFNO2. The summed E-state index contributed by atoms with van der Waals surface area (Å²) in [4.78, 5) is 12.0. The molecule has 0 atom stereocenters. The summed E-state index contributed by atoms with van der Waals surface area (Å²) >= 11 is 5.91. The largest absolute Gasteiger partial charge is 0.396 e. The highest BCUT2D eigenvalue weighted by molar-refractivity contribution is 6.31. The van der Waals surface area contributed by atoms with Crippen LogP contribution in [0.2, 0.25) is 5.02 Å². The molecule has 0 aliphatic heterocycles. The van der Waals surface area contributed by atoms with E-state index in [0.717, 1.165) is 25.7 Å². The van der Waals surface area contributed by atoms with E-state index in [2.05, 4.69) is 5.32 Å². The third-order valence-corrected chi connectivity index (χ3v) is 4.19. The summed E-state index contributed by atoms with van der Waals surface area (Å²) in [6.07, 6.45) is 3.85. The number of carbonyl (C=O) groups is 1. The van der Waals surface area contributed by atoms with Gasteiger partial charge in [-0.2, -0.15) is 0 Å². The molecular weight excluding hydrogens is 281 g/mol. The van der Waals surface area contributed by atoms with Gasteiger partial charge in [0.15, 0.2) is 0 Å². The molecule has 3 nitrogen and oxygen atoms in total. The first-order valence-electron chi connectivity index (χ1n) is 6.92. The molecule has 0 saturated heterocycles. The zero-order valence-corrected chi connectivity index (χ0v) is 12.0. The Morgan fingerprint density at radius 2 is 2.05 bits per heavy atom. The number of hydrogen-bond acceptors (Lipinski definition) is 2. The van der Waals surface area contributed by atoms with Crippen LogP contribution in [-0.2, 0) is 11.2 Å². The van der Waals surface area contributed by atoms with E-state index in [1.54, 1.807) is 6.07 Å². The molecule has 1 aromatic carbocycles. The van der Waals surface area contributed by atoms with E-state index in [-0.39, 0.29) is 30.0 Å². The van der Waals surface area contributed by atoms with Crippen LogP contribution in [0.1, 0.15) is 31.2 Å². The van der Waals surface area contributed by atoms with Crippen molar-refractivity contribution in [1.82, 2.24) is 5.32 Å². The Morgan fingerprint density at radius 1 is 1.35 bits per heavy atom. The Hall–Kier alpha value is -1.13. The van der Waals surface area contributed by atoms with Gasteiger partial charge in [-0.25, -0.2) is 4.39 Å². The third-order valence-electron chi connectivity index (χ3n) is 3.84. The molecule has 5 heteroatoms. The highest BCUT2D eigenvalue weighted by atomic mass is 35.5. The van der Waals surface area contributed by atoms with E-state index in [0.29, 0.717) is 11.5 Å². The predicted molar refractivity (Wildman–Crippen MR) is 76.1 cm³/mol. The molecule has 20 heavy (non-hydrogen) atoms. The van der Waals surface area contributed by atoms with Crippen LogP contribution in [0, 0.1) is 11.7 Å². The summed E-state index contributed by atoms with van der Waals surface area (Å²) in [7, 11) is 0. The van der Waals surface area contributed by atoms with E-state index in [4.69, 9.17) is 16.7 Å². The monoisotopic (exact) mass is 299 g/mol. The maximum Gasteiger partial charge on any atom is 0.224 e. The maximum atomic E-state index is 12.9. The van der Waals surface area contributed by atoms with Gasteiger partial charge in [0, 0.05) is 17.7 Å². The van der Waals surface area contributed by atoms with Crippen molar-refractivity contribution in [1.29, 1.82) is 0 Å². The number of halogens is 2. The van der Waals surface area contributed by atoms with E-state index in [9.17, 15) is 9.18 Å². The number of hydrogen-bond donors (Lipinski definition) is 2. The molecule has 1 amide bonds. The van der Waals surface area contributed by atoms with Crippen molar-refractivity contribution in [2.24, 2.45) is 5.92 Å². The molecule has 1 aliphatic rings. The van der Waals surface area contributed by atoms with Crippen molar-refractivity contribution < 1.29 is 14.3 Å². The molecule has 0 bridgehead atoms. The fourth-order valence-corrected chi connectivity index (χ4v) is 2.84. The summed E-state index contributed by atoms with van der Waals surface area (Å²) in [6, 6.07) is 4.24. The van der Waals surface area contributed by atoms with E-state index in [1.807, 2.05) is 0 Å². The first kappa shape index (κ1) is 15.3. The molecule has 2 rings (SSSR count). The Morgan fingerprint density at radius 3 is 2.65 bits per heavy atom. The lowest BCUT2D eigenvalue weighted by Gasteiger charge is -2.28. The lowest BCUT2D eigenvalue weighted by molar-refractivity contribution is -0.121. The van der Waals surface area contributed by atoms with Crippen molar-refractivity contribution in [2.75, 3.05) is 6.61 Å². The quantitative estimate of drug-likeness (QED) is 0.898. The average molecular weight is 300 g/mol. The summed E-state index contributed by atoms with van der Waals surface area (Å²) < 4.78 is 12.9. The second-order valence-corrected chi connectivity index (χ2v) is 5.79. The van der Waals surface area contributed by atoms with Crippen LogP contribution in [0.15, 0.2) is 18.2 Å². The molecule has 1 aromatic rings. The lowest BCUT2D eigenvalue weighted by Crippen LogP contribution is -2.38. The number of rotatable bonds is 4. The second-order valence-electron chi connectivity index (χ2n) is 5.38. The Bertz CT molecular complexity index is 473. The third kappa shape index (κ3) is 4.18. The SMILES string of the molecule is O=C(Cc1ccc(F)cc1Cl)NC1CCC(CO)CC1. The van der Waals surface area contributed by atoms with Crippen molar-refractivity contribution in [3.8, 4) is 0 Å². The number of nitrogens with one attached hydrogen (secondary N) is 1. The summed E-state index contributed by atoms with van der Waals surface area (Å²) in [5, 5.41) is 12.3. The van der Waals surface area contributed by atoms with Gasteiger partial charge in [0.25, 0.3) is 0 Å². The van der Waals surface area contributed by atoms with Gasteiger partial charge < -0.3 is 10.4 Å². The zero-order valence-electron chi connectivity index (χ0n) is 11.2. The molecule has 2 N–H and O–H groups in total. The van der Waals surface area contributed by atoms with Gasteiger partial charge in [0.2, 0.25) is 5.91 Å². The van der Waals surface area contributed by atoms with Gasteiger partial charge in [0.05, 0.1) is 6.42 Å². The van der Waals surface area contributed by atoms with Crippen LogP contribution < -0.4 is 5.32 Å². The molecule has 110 valence electrons. The van der Waals surface area contributed by atoms with Crippen LogP contribution in [0.5, 0.6) is 0 Å². The topological polar surface area (TPSA) is 49.3 Å². The summed E-state index contributed by atoms with van der Waals surface area (Å²) in [5.74, 6) is -0.123. The van der Waals surface area contributed by atoms with Gasteiger partial charge >= 0.3 is 0 Å². The van der Waals surface area contributed by atoms with Gasteiger partial charge in [-0.15, -0.1) is 0 Å². The number of amides is 1. The minimum atomic E-state index is -0.401. The van der Waals surface area contributed by atoms with Crippen LogP contribution in [0.3, 0.4) is 0 Å². The minimum absolute atomic E-state index is 0.0917. The fourth-order valence-electron chi connectivity index (χ4n) is 2.61. The van der Waals surface area contributed by atoms with Crippen molar-refractivity contribution >= 4 is 17.5 Å². The summed E-state index contributed by atoms with van der Waals surface area (Å²) in [6.45, 7) is 0.228. The van der Waals surface area contributed by atoms with Crippen molar-refractivity contribution in [3.05, 3.63) is 34.6 Å². The van der Waals surface area contributed by atoms with Crippen LogP contribution in [0.4, 0.5) is 4.39 Å². The van der Waals surface area contributed by atoms with Crippen molar-refractivity contribution in [3.63, 3.8) is 0 Å². The maximum absolute atomic E-state index is 12.9. The van der Waals surface area contributed by atoms with Gasteiger partial charge in [0.1, 0.15) is 5.82 Å². The van der Waals surface area contributed by atoms with Crippen LogP contribution in [0.25, 0.3) is 0 Å². The Kier molecular flexibility index (Phi) is 5.38. The standard InChI is InChI=1S/C15H19ClFNO2/c16-14-8-12(17)4-3-11(14)7-15(20)18-13-5-1-10(9-19)2-6-13/h3-4,8,10,13,19H,1-2,5-7,9H2,(H,18,20). The highest BCUT2D eigenvalue weighted by Gasteiger charge is 2.22. The van der Waals surface area contributed by atoms with Gasteiger partial charge in [-0.3, -0.25) is 4.79 Å². The molecule has 0 heterocycles.